The van der Waals surface area contributed by atoms with Crippen LogP contribution in [0.15, 0.2) is 102 Å². The van der Waals surface area contributed by atoms with Gasteiger partial charge in [0, 0.05) is 51.1 Å². The van der Waals surface area contributed by atoms with Crippen molar-refractivity contribution in [2.75, 3.05) is 54.3 Å². The maximum absolute atomic E-state index is 13.0. The lowest BCUT2D eigenvalue weighted by atomic mass is 10.0. The van der Waals surface area contributed by atoms with E-state index in [2.05, 4.69) is 21.9 Å². The molecule has 0 saturated carbocycles. The zero-order chi connectivity index (χ0) is 45.6. The van der Waals surface area contributed by atoms with Gasteiger partial charge in [-0.1, -0.05) is 66.4 Å². The third-order valence-corrected chi connectivity index (χ3v) is 11.0. The number of sulfonamides is 1. The number of nitrogens with zero attached hydrogens (tertiary/aromatic N) is 2. The molecule has 0 heterocycles. The second-order valence-corrected chi connectivity index (χ2v) is 16.9. The molecule has 0 unspecified atom stereocenters. The Kier molecular flexibility index (Phi) is 16.6. The highest BCUT2D eigenvalue weighted by Crippen LogP contribution is 2.36. The maximum atomic E-state index is 13.0. The average Bonchev–Trinajstić information content (AvgIpc) is 3.24. The van der Waals surface area contributed by atoms with Crippen LogP contribution in [0.4, 0.5) is 27.5 Å². The van der Waals surface area contributed by atoms with Crippen LogP contribution in [0.25, 0.3) is 21.5 Å². The first-order chi connectivity index (χ1) is 29.5. The number of nitrogens with one attached hydrogen (secondary N) is 2. The van der Waals surface area contributed by atoms with Crippen molar-refractivity contribution in [3.8, 4) is 30.4 Å². The van der Waals surface area contributed by atoms with Crippen LogP contribution in [0.3, 0.4) is 0 Å². The average molecular weight is 863 g/mol. The molecule has 2 atom stereocenters. The Morgan fingerprint density at radius 2 is 1.15 bits per heavy atom. The topological polar surface area (TPSA) is 153 Å². The van der Waals surface area contributed by atoms with Crippen LogP contribution in [0, 0.1) is 24.7 Å². The lowest BCUT2D eigenvalue weighted by Gasteiger charge is -2.30. The molecule has 326 valence electrons. The number of amides is 1. The van der Waals surface area contributed by atoms with E-state index >= 15 is 0 Å². The van der Waals surface area contributed by atoms with E-state index in [1.165, 1.54) is 33.5 Å². The van der Waals surface area contributed by atoms with E-state index < -0.39 is 21.7 Å². The predicted molar refractivity (Wildman–Crippen MR) is 246 cm³/mol. The summed E-state index contributed by atoms with van der Waals surface area (Å²) in [6, 6.07) is 28.2. The zero-order valence-electron chi connectivity index (χ0n) is 36.4. The molecule has 0 aliphatic rings. The molecular weight excluding hydrogens is 809 g/mol. The van der Waals surface area contributed by atoms with Crippen molar-refractivity contribution in [2.24, 2.45) is 0 Å². The fourth-order valence-corrected chi connectivity index (χ4v) is 7.79. The van der Waals surface area contributed by atoms with Gasteiger partial charge in [-0.15, -0.1) is 12.8 Å². The minimum atomic E-state index is -3.85. The number of carbonyl (C=O) groups excluding carboxylic acids is 3. The van der Waals surface area contributed by atoms with Gasteiger partial charge in [0.25, 0.3) is 10.0 Å². The van der Waals surface area contributed by atoms with E-state index in [-0.39, 0.29) is 48.3 Å². The smallest absolute Gasteiger partial charge is 0.412 e. The first-order valence-electron chi connectivity index (χ1n) is 19.7. The summed E-state index contributed by atoms with van der Waals surface area (Å²) in [5.74, 6) is 5.11. The van der Waals surface area contributed by atoms with Crippen molar-refractivity contribution in [2.45, 2.75) is 70.0 Å². The summed E-state index contributed by atoms with van der Waals surface area (Å²) in [5.41, 5.74) is 2.15. The van der Waals surface area contributed by atoms with Crippen LogP contribution < -0.4 is 24.6 Å². The van der Waals surface area contributed by atoms with Crippen LogP contribution in [-0.4, -0.2) is 78.6 Å². The molecule has 0 aromatic heterocycles. The van der Waals surface area contributed by atoms with Gasteiger partial charge >= 0.3 is 18.0 Å². The molecule has 0 saturated heterocycles. The summed E-state index contributed by atoms with van der Waals surface area (Å²) >= 11 is 0. The molecule has 0 aliphatic heterocycles. The van der Waals surface area contributed by atoms with Crippen molar-refractivity contribution in [3.05, 3.63) is 97.1 Å². The van der Waals surface area contributed by atoms with Gasteiger partial charge in [-0.05, 0) is 71.0 Å². The van der Waals surface area contributed by atoms with Crippen molar-refractivity contribution in [1.29, 1.82) is 0 Å². The lowest BCUT2D eigenvalue weighted by Crippen LogP contribution is -2.35. The van der Waals surface area contributed by atoms with Crippen LogP contribution in [0.5, 0.6) is 5.75 Å². The van der Waals surface area contributed by atoms with E-state index in [0.717, 1.165) is 27.5 Å². The number of benzene rings is 5. The number of hydrogen-bond donors (Lipinski definition) is 2. The number of rotatable bonds is 15. The van der Waals surface area contributed by atoms with Gasteiger partial charge in [-0.25, -0.2) is 13.2 Å². The largest absolute Gasteiger partial charge is 0.497 e. The van der Waals surface area contributed by atoms with Crippen molar-refractivity contribution in [3.63, 3.8) is 0 Å². The number of anilines is 4. The molecule has 62 heavy (non-hydrogen) atoms. The van der Waals surface area contributed by atoms with E-state index in [9.17, 15) is 22.8 Å². The molecule has 5 aromatic carbocycles. The van der Waals surface area contributed by atoms with Gasteiger partial charge in [0.05, 0.1) is 63.5 Å². The minimum absolute atomic E-state index is 0.0932. The SMILES string of the molecule is C#CCN(c1ccc(NC(=O)OC(C)(C)C)c2ccccc12)[C@@H](C)CC(=O)OC.C#CCN(c1ccc(NS(=O)(=O)c2cccc(OC)c2)c2ccccc12)[C@@H](C)CC(=O)OC. The van der Waals surface area contributed by atoms with E-state index in [1.54, 1.807) is 24.3 Å². The number of esters is 2. The minimum Gasteiger partial charge on any atom is -0.497 e. The Balaban J connectivity index is 0.000000275. The standard InChI is InChI=1S/C25H26N2O5S.C23H28N2O4/c1-5-15-27(18(2)16-25(28)32-4)24-14-13-23(21-11-6-7-12-22(21)24)26-33(29,30)20-10-8-9-19(17-20)31-3;1-7-14-25(16(2)15-21(26)28-6)20-13-12-19(17-10-8-9-11-18(17)20)24-22(27)29-23(3,4)5/h1,6-14,17-18,26H,15-16H2,2-4H3;1,8-13,16H,14-15H2,2-6H3,(H,24,27)/t18-;16-/m00/s1. The molecule has 5 aromatic rings. The summed E-state index contributed by atoms with van der Waals surface area (Å²) in [5, 5.41) is 6.08. The molecule has 0 bridgehead atoms. The van der Waals surface area contributed by atoms with Crippen LogP contribution >= 0.6 is 0 Å². The second-order valence-electron chi connectivity index (χ2n) is 15.2. The number of hydrogen-bond acceptors (Lipinski definition) is 11. The number of fused-ring (bicyclic) bond motifs is 2. The molecule has 0 spiro atoms. The summed E-state index contributed by atoms with van der Waals surface area (Å²) < 4.78 is 48.9. The summed E-state index contributed by atoms with van der Waals surface area (Å²) in [7, 11) is 0.342. The number of ether oxygens (including phenoxy) is 4. The van der Waals surface area contributed by atoms with Crippen molar-refractivity contribution in [1.82, 2.24) is 0 Å². The van der Waals surface area contributed by atoms with Gasteiger partial charge in [0.1, 0.15) is 11.4 Å². The first-order valence-corrected chi connectivity index (χ1v) is 21.2. The van der Waals surface area contributed by atoms with Crippen LogP contribution in [-0.2, 0) is 33.8 Å². The molecule has 2 N–H and O–H groups in total. The number of terminal acetylenes is 2. The van der Waals surface area contributed by atoms with Gasteiger partial charge < -0.3 is 28.7 Å². The molecular formula is C48H54N4O9S. The van der Waals surface area contributed by atoms with Gasteiger partial charge in [0.2, 0.25) is 0 Å². The van der Waals surface area contributed by atoms with Gasteiger partial charge in [-0.3, -0.25) is 19.6 Å². The third-order valence-electron chi connectivity index (χ3n) is 9.62. The summed E-state index contributed by atoms with van der Waals surface area (Å²) in [4.78, 5) is 39.8. The van der Waals surface area contributed by atoms with Gasteiger partial charge in [-0.2, -0.15) is 0 Å². The fraction of sp³-hybridized carbons (Fsp3) is 0.312. The Morgan fingerprint density at radius 3 is 1.60 bits per heavy atom. The highest BCUT2D eigenvalue weighted by atomic mass is 32.2. The van der Waals surface area contributed by atoms with Crippen LogP contribution in [0.1, 0.15) is 47.5 Å². The number of carbonyl (C=O) groups is 3. The Morgan fingerprint density at radius 1 is 0.677 bits per heavy atom. The fourth-order valence-electron chi connectivity index (χ4n) is 6.67. The molecule has 0 aliphatic carbocycles. The van der Waals surface area contributed by atoms with E-state index in [4.69, 9.17) is 31.8 Å². The van der Waals surface area contributed by atoms with E-state index in [0.29, 0.717) is 29.1 Å². The molecule has 0 radical (unpaired) electrons. The second kappa shape index (κ2) is 21.6. The Hall–Kier alpha value is -6.90. The Bertz CT molecular complexity index is 2570. The molecule has 1 amide bonds. The Labute approximate surface area is 364 Å². The highest BCUT2D eigenvalue weighted by molar-refractivity contribution is 7.92. The maximum Gasteiger partial charge on any atom is 0.412 e. The number of methoxy groups -OCH3 is 3. The zero-order valence-corrected chi connectivity index (χ0v) is 37.2. The predicted octanol–water partition coefficient (Wildman–Crippen LogP) is 8.62. The third kappa shape index (κ3) is 12.6. The molecule has 0 fully saturated rings. The first kappa shape index (κ1) is 47.8. The van der Waals surface area contributed by atoms with Crippen molar-refractivity contribution < 1.29 is 41.7 Å². The highest BCUT2D eigenvalue weighted by Gasteiger charge is 2.24. The molecule has 5 rings (SSSR count). The normalized spacial score (nSPS) is 12.0. The molecule has 13 nitrogen and oxygen atoms in total. The monoisotopic (exact) mass is 862 g/mol. The van der Waals surface area contributed by atoms with E-state index in [1.807, 2.05) is 105 Å². The summed E-state index contributed by atoms with van der Waals surface area (Å²) in [6.45, 7) is 9.87. The van der Waals surface area contributed by atoms with Crippen LogP contribution in [0.2, 0.25) is 0 Å². The lowest BCUT2D eigenvalue weighted by molar-refractivity contribution is -0.141. The van der Waals surface area contributed by atoms with Gasteiger partial charge in [0.15, 0.2) is 0 Å². The summed E-state index contributed by atoms with van der Waals surface area (Å²) in [6.07, 6.45) is 11.0. The quantitative estimate of drug-likeness (QED) is 0.0591. The van der Waals surface area contributed by atoms with Crippen molar-refractivity contribution >= 4 is 72.3 Å². The molecule has 14 heteroatoms.